The Balaban J connectivity index is 1.85. The summed E-state index contributed by atoms with van der Waals surface area (Å²) in [5.41, 5.74) is 8.40. The Labute approximate surface area is 157 Å². The van der Waals surface area contributed by atoms with Crippen LogP contribution in [-0.2, 0) is 9.63 Å². The van der Waals surface area contributed by atoms with Crippen LogP contribution in [0.3, 0.4) is 0 Å². The second-order valence-electron chi connectivity index (χ2n) is 6.17. The normalized spacial score (nSPS) is 17.8. The van der Waals surface area contributed by atoms with Gasteiger partial charge in [-0.25, -0.2) is 0 Å². The van der Waals surface area contributed by atoms with Gasteiger partial charge in [0.2, 0.25) is 5.91 Å². The van der Waals surface area contributed by atoms with Crippen LogP contribution in [0.5, 0.6) is 5.75 Å². The molecule has 1 atom stereocenters. The van der Waals surface area contributed by atoms with E-state index in [0.717, 1.165) is 16.9 Å². The molecule has 1 unspecified atom stereocenters. The van der Waals surface area contributed by atoms with Crippen molar-refractivity contribution >= 4 is 17.5 Å². The van der Waals surface area contributed by atoms with Crippen molar-refractivity contribution in [2.45, 2.75) is 12.5 Å². The smallest absolute Gasteiger partial charge is 0.254 e. The fourth-order valence-corrected chi connectivity index (χ4v) is 3.21. The average molecular weight is 367 g/mol. The maximum absolute atomic E-state index is 12.9. The minimum Gasteiger partial charge on any atom is -0.496 e. The van der Waals surface area contributed by atoms with Gasteiger partial charge >= 0.3 is 0 Å². The summed E-state index contributed by atoms with van der Waals surface area (Å²) < 4.78 is 5.38. The van der Waals surface area contributed by atoms with Gasteiger partial charge in [0, 0.05) is 17.5 Å². The first kappa shape index (κ1) is 18.4. The number of methoxy groups -OCH3 is 1. The van der Waals surface area contributed by atoms with Crippen molar-refractivity contribution in [2.75, 3.05) is 20.8 Å². The number of nitrogens with zero attached hydrogens (tertiary/aromatic N) is 2. The molecular formula is C20H21N3O4. The largest absolute Gasteiger partial charge is 0.496 e. The highest BCUT2D eigenvalue weighted by molar-refractivity contribution is 6.05. The summed E-state index contributed by atoms with van der Waals surface area (Å²) in [6.45, 7) is 0.217. The molecule has 7 heteroatoms. The number of nitrogens with two attached hydrogens (primary N) is 1. The Bertz CT molecular complexity index is 877. The maximum atomic E-state index is 12.9. The summed E-state index contributed by atoms with van der Waals surface area (Å²) in [5, 5.41) is 3.86. The molecule has 1 saturated heterocycles. The van der Waals surface area contributed by atoms with Gasteiger partial charge in [-0.1, -0.05) is 35.5 Å². The van der Waals surface area contributed by atoms with Crippen LogP contribution in [0.4, 0.5) is 0 Å². The molecule has 0 aliphatic carbocycles. The lowest BCUT2D eigenvalue weighted by molar-refractivity contribution is -0.121. The SMILES string of the molecule is CON=C1CC(C(N)=O)N(C(=O)c2ccc(-c3ccccc3OC)cc2)C1. The molecule has 0 aromatic heterocycles. The first-order chi connectivity index (χ1) is 13.0. The van der Waals surface area contributed by atoms with E-state index in [1.165, 1.54) is 12.0 Å². The topological polar surface area (TPSA) is 94.2 Å². The molecule has 0 spiro atoms. The van der Waals surface area contributed by atoms with E-state index in [0.29, 0.717) is 11.3 Å². The third-order valence-electron chi connectivity index (χ3n) is 4.52. The van der Waals surface area contributed by atoms with Crippen LogP contribution in [0.15, 0.2) is 53.7 Å². The predicted octanol–water partition coefficient (Wildman–Crippen LogP) is 2.06. The number of primary amides is 1. The third kappa shape index (κ3) is 3.76. The van der Waals surface area contributed by atoms with Gasteiger partial charge in [0.1, 0.15) is 18.9 Å². The Morgan fingerprint density at radius 3 is 2.44 bits per heavy atom. The summed E-state index contributed by atoms with van der Waals surface area (Å²) in [6.07, 6.45) is 0.286. The maximum Gasteiger partial charge on any atom is 0.254 e. The molecule has 0 bridgehead atoms. The molecular weight excluding hydrogens is 346 g/mol. The van der Waals surface area contributed by atoms with Crippen LogP contribution in [0.25, 0.3) is 11.1 Å². The summed E-state index contributed by atoms with van der Waals surface area (Å²) >= 11 is 0. The zero-order valence-electron chi connectivity index (χ0n) is 15.2. The fourth-order valence-electron chi connectivity index (χ4n) is 3.21. The standard InChI is InChI=1S/C20H21N3O4/c1-26-18-6-4-3-5-16(18)13-7-9-14(10-8-13)20(25)23-12-15(22-27-2)11-17(23)19(21)24/h3-10,17H,11-12H2,1-2H3,(H2,21,24). The number of rotatable bonds is 5. The Hall–Kier alpha value is -3.35. The summed E-state index contributed by atoms with van der Waals surface area (Å²) in [6, 6.07) is 14.1. The number of carbonyl (C=O) groups is 2. The van der Waals surface area contributed by atoms with Crippen LogP contribution in [0.1, 0.15) is 16.8 Å². The van der Waals surface area contributed by atoms with E-state index in [9.17, 15) is 9.59 Å². The van der Waals surface area contributed by atoms with Gasteiger partial charge in [0.25, 0.3) is 5.91 Å². The summed E-state index contributed by atoms with van der Waals surface area (Å²) in [7, 11) is 3.04. The van der Waals surface area contributed by atoms with Gasteiger partial charge in [-0.2, -0.15) is 0 Å². The molecule has 0 saturated carbocycles. The van der Waals surface area contributed by atoms with E-state index >= 15 is 0 Å². The number of likely N-dealkylation sites (tertiary alicyclic amines) is 1. The summed E-state index contributed by atoms with van der Waals surface area (Å²) in [4.78, 5) is 30.8. The van der Waals surface area contributed by atoms with Crippen molar-refractivity contribution in [3.05, 3.63) is 54.1 Å². The lowest BCUT2D eigenvalue weighted by atomic mass is 10.0. The third-order valence-corrected chi connectivity index (χ3v) is 4.52. The van der Waals surface area contributed by atoms with Crippen molar-refractivity contribution in [1.29, 1.82) is 0 Å². The Morgan fingerprint density at radius 1 is 1.11 bits per heavy atom. The van der Waals surface area contributed by atoms with Crippen LogP contribution >= 0.6 is 0 Å². The van der Waals surface area contributed by atoms with Gasteiger partial charge in [0.05, 0.1) is 19.4 Å². The van der Waals surface area contributed by atoms with Crippen molar-refractivity contribution in [2.24, 2.45) is 10.9 Å². The zero-order chi connectivity index (χ0) is 19.4. The van der Waals surface area contributed by atoms with Gasteiger partial charge in [-0.05, 0) is 23.8 Å². The molecule has 2 N–H and O–H groups in total. The van der Waals surface area contributed by atoms with E-state index in [1.807, 2.05) is 36.4 Å². The number of ether oxygens (including phenoxy) is 1. The lowest BCUT2D eigenvalue weighted by Crippen LogP contribution is -2.43. The van der Waals surface area contributed by atoms with Crippen molar-refractivity contribution in [3.63, 3.8) is 0 Å². The van der Waals surface area contributed by atoms with Crippen LogP contribution in [-0.4, -0.2) is 49.2 Å². The molecule has 1 aliphatic heterocycles. The number of oxime groups is 1. The summed E-state index contributed by atoms with van der Waals surface area (Å²) in [5.74, 6) is -0.0766. The fraction of sp³-hybridized carbons (Fsp3) is 0.250. The second kappa shape index (κ2) is 7.90. The number of amides is 2. The quantitative estimate of drug-likeness (QED) is 0.819. The minimum atomic E-state index is -0.722. The van der Waals surface area contributed by atoms with Gasteiger partial charge in [-0.3, -0.25) is 9.59 Å². The lowest BCUT2D eigenvalue weighted by Gasteiger charge is -2.21. The molecule has 7 nitrogen and oxygen atoms in total. The molecule has 140 valence electrons. The van der Waals surface area contributed by atoms with Crippen molar-refractivity contribution < 1.29 is 19.2 Å². The Morgan fingerprint density at radius 2 is 1.81 bits per heavy atom. The number of benzene rings is 2. The van der Waals surface area contributed by atoms with E-state index in [-0.39, 0.29) is 18.9 Å². The molecule has 2 aromatic carbocycles. The number of carbonyl (C=O) groups excluding carboxylic acids is 2. The zero-order valence-corrected chi connectivity index (χ0v) is 15.2. The average Bonchev–Trinajstić information content (AvgIpc) is 3.12. The van der Waals surface area contributed by atoms with E-state index < -0.39 is 11.9 Å². The highest BCUT2D eigenvalue weighted by Crippen LogP contribution is 2.30. The molecule has 3 rings (SSSR count). The minimum absolute atomic E-state index is 0.217. The van der Waals surface area contributed by atoms with Crippen LogP contribution in [0, 0.1) is 0 Å². The predicted molar refractivity (Wildman–Crippen MR) is 102 cm³/mol. The molecule has 1 aliphatic rings. The van der Waals surface area contributed by atoms with Gasteiger partial charge in [0.15, 0.2) is 0 Å². The number of hydrogen-bond donors (Lipinski definition) is 1. The number of hydrogen-bond acceptors (Lipinski definition) is 5. The molecule has 2 aromatic rings. The van der Waals surface area contributed by atoms with E-state index in [4.69, 9.17) is 15.3 Å². The van der Waals surface area contributed by atoms with E-state index in [1.54, 1.807) is 19.2 Å². The molecule has 0 radical (unpaired) electrons. The Kier molecular flexibility index (Phi) is 5.40. The molecule has 2 amide bonds. The van der Waals surface area contributed by atoms with Crippen LogP contribution in [0.2, 0.25) is 0 Å². The van der Waals surface area contributed by atoms with Crippen molar-refractivity contribution in [3.8, 4) is 16.9 Å². The van der Waals surface area contributed by atoms with Gasteiger partial charge < -0.3 is 20.2 Å². The molecule has 27 heavy (non-hydrogen) atoms. The van der Waals surface area contributed by atoms with Crippen molar-refractivity contribution in [1.82, 2.24) is 4.90 Å². The number of para-hydroxylation sites is 1. The monoisotopic (exact) mass is 367 g/mol. The second-order valence-corrected chi connectivity index (χ2v) is 6.17. The van der Waals surface area contributed by atoms with Gasteiger partial charge in [-0.15, -0.1) is 0 Å². The highest BCUT2D eigenvalue weighted by Gasteiger charge is 2.37. The molecule has 1 fully saturated rings. The first-order valence-electron chi connectivity index (χ1n) is 8.47. The molecule has 1 heterocycles. The van der Waals surface area contributed by atoms with E-state index in [2.05, 4.69) is 5.16 Å². The highest BCUT2D eigenvalue weighted by atomic mass is 16.6. The van der Waals surface area contributed by atoms with Crippen LogP contribution < -0.4 is 10.5 Å². The first-order valence-corrected chi connectivity index (χ1v) is 8.47.